The van der Waals surface area contributed by atoms with E-state index in [1.807, 2.05) is 6.92 Å². The Labute approximate surface area is 127 Å². The summed E-state index contributed by atoms with van der Waals surface area (Å²) in [5.74, 6) is -0.457. The molecule has 0 unspecified atom stereocenters. The third kappa shape index (κ3) is 3.86. The van der Waals surface area contributed by atoms with Gasteiger partial charge in [-0.15, -0.1) is 11.3 Å². The minimum absolute atomic E-state index is 0.0710. The zero-order valence-electron chi connectivity index (χ0n) is 12.1. The van der Waals surface area contributed by atoms with Crippen molar-refractivity contribution < 1.29 is 13.9 Å². The van der Waals surface area contributed by atoms with Gasteiger partial charge >= 0.3 is 0 Å². The van der Waals surface area contributed by atoms with E-state index >= 15 is 0 Å². The van der Waals surface area contributed by atoms with Crippen LogP contribution in [0.3, 0.4) is 0 Å². The summed E-state index contributed by atoms with van der Waals surface area (Å²) in [5.41, 5.74) is 1.47. The maximum absolute atomic E-state index is 12.9. The third-order valence-corrected chi connectivity index (χ3v) is 4.09. The number of nitrogens with zero attached hydrogens (tertiary/aromatic N) is 1. The van der Waals surface area contributed by atoms with Crippen molar-refractivity contribution in [3.63, 3.8) is 0 Å². The molecule has 0 fully saturated rings. The Morgan fingerprint density at radius 3 is 2.71 bits per heavy atom. The first-order valence-corrected chi connectivity index (χ1v) is 7.36. The van der Waals surface area contributed by atoms with Gasteiger partial charge in [-0.2, -0.15) is 0 Å². The lowest BCUT2D eigenvalue weighted by Crippen LogP contribution is -2.35. The van der Waals surface area contributed by atoms with Gasteiger partial charge in [0.15, 0.2) is 0 Å². The number of halogens is 1. The Bertz CT molecular complexity index is 625. The van der Waals surface area contributed by atoms with Crippen LogP contribution in [0.15, 0.2) is 24.3 Å². The quantitative estimate of drug-likeness (QED) is 0.923. The smallest absolute Gasteiger partial charge is 0.263 e. The Balaban J connectivity index is 2.19. The van der Waals surface area contributed by atoms with Gasteiger partial charge in [-0.25, -0.2) is 9.37 Å². The molecule has 1 aromatic carbocycles. The van der Waals surface area contributed by atoms with Crippen LogP contribution in [-0.4, -0.2) is 30.6 Å². The molecular formula is C15H17FN2O2S. The number of hydrogen-bond acceptors (Lipinski definition) is 4. The van der Waals surface area contributed by atoms with E-state index in [9.17, 15) is 9.18 Å². The maximum Gasteiger partial charge on any atom is 0.263 e. The molecule has 6 heteroatoms. The monoisotopic (exact) mass is 308 g/mol. The molecule has 0 aliphatic rings. The van der Waals surface area contributed by atoms with Gasteiger partial charge in [0.05, 0.1) is 12.3 Å². The maximum atomic E-state index is 12.9. The lowest BCUT2D eigenvalue weighted by Gasteiger charge is -2.11. The van der Waals surface area contributed by atoms with Crippen LogP contribution in [0.1, 0.15) is 22.3 Å². The fourth-order valence-electron chi connectivity index (χ4n) is 1.90. The van der Waals surface area contributed by atoms with Gasteiger partial charge in [0, 0.05) is 18.7 Å². The highest BCUT2D eigenvalue weighted by molar-refractivity contribution is 7.17. The first-order chi connectivity index (χ1) is 10.0. The van der Waals surface area contributed by atoms with Crippen molar-refractivity contribution in [2.45, 2.75) is 19.9 Å². The molecule has 2 rings (SSSR count). The van der Waals surface area contributed by atoms with Crippen molar-refractivity contribution in [3.05, 3.63) is 40.7 Å². The number of rotatable bonds is 5. The molecule has 1 amide bonds. The molecule has 0 aliphatic carbocycles. The summed E-state index contributed by atoms with van der Waals surface area (Å²) in [6, 6.07) is 6.00. The normalized spacial score (nSPS) is 12.2. The predicted molar refractivity (Wildman–Crippen MR) is 81.0 cm³/mol. The average molecular weight is 308 g/mol. The van der Waals surface area contributed by atoms with E-state index in [1.54, 1.807) is 26.2 Å². The molecule has 1 N–H and O–H groups in total. The molecule has 0 radical (unpaired) electrons. The van der Waals surface area contributed by atoms with E-state index in [0.717, 1.165) is 5.56 Å². The van der Waals surface area contributed by atoms with Crippen LogP contribution in [0, 0.1) is 12.7 Å². The summed E-state index contributed by atoms with van der Waals surface area (Å²) in [7, 11) is 1.59. The number of hydrogen-bond donors (Lipinski definition) is 1. The van der Waals surface area contributed by atoms with Crippen molar-refractivity contribution in [2.24, 2.45) is 0 Å². The largest absolute Gasteiger partial charge is 0.383 e. The zero-order chi connectivity index (χ0) is 15.4. The molecule has 1 atom stereocenters. The molecular weight excluding hydrogens is 291 g/mol. The fourth-order valence-corrected chi connectivity index (χ4v) is 2.88. The van der Waals surface area contributed by atoms with Crippen molar-refractivity contribution >= 4 is 17.2 Å². The van der Waals surface area contributed by atoms with Crippen molar-refractivity contribution in [3.8, 4) is 10.6 Å². The second kappa shape index (κ2) is 6.78. The van der Waals surface area contributed by atoms with Crippen LogP contribution in [0.25, 0.3) is 10.6 Å². The van der Waals surface area contributed by atoms with E-state index in [2.05, 4.69) is 10.3 Å². The SMILES string of the molecule is COC[C@@H](C)NC(=O)c1sc(-c2ccc(F)cc2)nc1C. The number of aryl methyl sites for hydroxylation is 1. The Hall–Kier alpha value is -1.79. The van der Waals surface area contributed by atoms with Gasteiger partial charge in [-0.1, -0.05) is 0 Å². The molecule has 2 aromatic rings. The number of amides is 1. The molecule has 0 spiro atoms. The number of ether oxygens (including phenoxy) is 1. The number of carbonyl (C=O) groups excluding carboxylic acids is 1. The Kier molecular flexibility index (Phi) is 5.03. The highest BCUT2D eigenvalue weighted by Crippen LogP contribution is 2.28. The van der Waals surface area contributed by atoms with Gasteiger partial charge < -0.3 is 10.1 Å². The van der Waals surface area contributed by atoms with E-state index in [4.69, 9.17) is 4.74 Å². The minimum Gasteiger partial charge on any atom is -0.383 e. The molecule has 112 valence electrons. The van der Waals surface area contributed by atoms with Gasteiger partial charge in [0.2, 0.25) is 0 Å². The predicted octanol–water partition coefficient (Wildman–Crippen LogP) is 3.02. The highest BCUT2D eigenvalue weighted by Gasteiger charge is 2.17. The first-order valence-electron chi connectivity index (χ1n) is 6.54. The van der Waals surface area contributed by atoms with Crippen LogP contribution in [0.4, 0.5) is 4.39 Å². The summed E-state index contributed by atoms with van der Waals surface area (Å²) in [6.07, 6.45) is 0. The summed E-state index contributed by atoms with van der Waals surface area (Å²) in [4.78, 5) is 17.1. The van der Waals surface area contributed by atoms with Gasteiger partial charge in [0.25, 0.3) is 5.91 Å². The summed E-state index contributed by atoms with van der Waals surface area (Å²) >= 11 is 1.30. The van der Waals surface area contributed by atoms with Crippen LogP contribution >= 0.6 is 11.3 Å². The number of methoxy groups -OCH3 is 1. The lowest BCUT2D eigenvalue weighted by molar-refractivity contribution is 0.0909. The standard InChI is InChI=1S/C15H17FN2O2S/c1-9(8-20-3)17-14(19)13-10(2)18-15(21-13)11-4-6-12(16)7-5-11/h4-7,9H,8H2,1-3H3,(H,17,19)/t9-/m1/s1. The number of nitrogens with one attached hydrogen (secondary N) is 1. The molecule has 21 heavy (non-hydrogen) atoms. The molecule has 1 aromatic heterocycles. The second-order valence-corrected chi connectivity index (χ2v) is 5.77. The Morgan fingerprint density at radius 2 is 2.10 bits per heavy atom. The molecule has 0 aliphatic heterocycles. The molecule has 0 saturated carbocycles. The summed E-state index contributed by atoms with van der Waals surface area (Å²) < 4.78 is 17.9. The molecule has 0 bridgehead atoms. The van der Waals surface area contributed by atoms with Crippen LogP contribution < -0.4 is 5.32 Å². The third-order valence-electron chi connectivity index (χ3n) is 2.89. The average Bonchev–Trinajstić information content (AvgIpc) is 2.82. The van der Waals surface area contributed by atoms with Gasteiger partial charge in [-0.3, -0.25) is 4.79 Å². The van der Waals surface area contributed by atoms with Crippen molar-refractivity contribution in [1.29, 1.82) is 0 Å². The minimum atomic E-state index is -0.293. The lowest BCUT2D eigenvalue weighted by atomic mass is 10.2. The number of aromatic nitrogens is 1. The summed E-state index contributed by atoms with van der Waals surface area (Å²) in [5, 5.41) is 3.56. The molecule has 0 saturated heterocycles. The van der Waals surface area contributed by atoms with E-state index in [1.165, 1.54) is 23.5 Å². The van der Waals surface area contributed by atoms with Gasteiger partial charge in [0.1, 0.15) is 15.7 Å². The second-order valence-electron chi connectivity index (χ2n) is 4.77. The zero-order valence-corrected chi connectivity index (χ0v) is 13.0. The number of thiazole rings is 1. The van der Waals surface area contributed by atoms with Crippen LogP contribution in [0.5, 0.6) is 0 Å². The Morgan fingerprint density at radius 1 is 1.43 bits per heavy atom. The van der Waals surface area contributed by atoms with Crippen LogP contribution in [-0.2, 0) is 4.74 Å². The van der Waals surface area contributed by atoms with E-state index in [0.29, 0.717) is 22.2 Å². The van der Waals surface area contributed by atoms with Gasteiger partial charge in [-0.05, 0) is 38.1 Å². The number of benzene rings is 1. The summed E-state index contributed by atoms with van der Waals surface area (Å²) in [6.45, 7) is 4.12. The number of carbonyl (C=O) groups is 1. The van der Waals surface area contributed by atoms with E-state index < -0.39 is 0 Å². The first kappa shape index (κ1) is 15.6. The molecule has 4 nitrogen and oxygen atoms in total. The molecule has 1 heterocycles. The van der Waals surface area contributed by atoms with Crippen molar-refractivity contribution in [1.82, 2.24) is 10.3 Å². The van der Waals surface area contributed by atoms with E-state index in [-0.39, 0.29) is 17.8 Å². The topological polar surface area (TPSA) is 51.2 Å². The van der Waals surface area contributed by atoms with Crippen molar-refractivity contribution in [2.75, 3.05) is 13.7 Å². The fraction of sp³-hybridized carbons (Fsp3) is 0.333. The highest BCUT2D eigenvalue weighted by atomic mass is 32.1. The van der Waals surface area contributed by atoms with Crippen LogP contribution in [0.2, 0.25) is 0 Å².